The quantitative estimate of drug-likeness (QED) is 0.641. The molecule has 0 radical (unpaired) electrons. The Morgan fingerprint density at radius 3 is 2.07 bits per heavy atom. The van der Waals surface area contributed by atoms with Crippen LogP contribution in [0.15, 0.2) is 82.2 Å². The van der Waals surface area contributed by atoms with Crippen LogP contribution in [0.2, 0.25) is 0 Å². The zero-order chi connectivity index (χ0) is 19.1. The molecule has 2 aromatic carbocycles. The minimum Gasteiger partial charge on any atom is -0.502 e. The van der Waals surface area contributed by atoms with Crippen molar-refractivity contribution < 1.29 is 14.6 Å². The first kappa shape index (κ1) is 18.9. The molecule has 3 rings (SSSR count). The van der Waals surface area contributed by atoms with E-state index < -0.39 is 11.2 Å². The third-order valence-electron chi connectivity index (χ3n) is 4.42. The summed E-state index contributed by atoms with van der Waals surface area (Å²) in [6.45, 7) is 1.08. The SMILES string of the molecule is O=c1cc(CN(CCCO)C(c2ccccc2)c2ccccc2)occ1O. The van der Waals surface area contributed by atoms with Crippen LogP contribution in [-0.4, -0.2) is 28.3 Å². The van der Waals surface area contributed by atoms with Gasteiger partial charge in [-0.05, 0) is 17.5 Å². The summed E-state index contributed by atoms with van der Waals surface area (Å²) < 4.78 is 5.42. The van der Waals surface area contributed by atoms with Gasteiger partial charge in [0.1, 0.15) is 12.0 Å². The molecule has 0 atom stereocenters. The van der Waals surface area contributed by atoms with Gasteiger partial charge in [0.25, 0.3) is 0 Å². The third-order valence-corrected chi connectivity index (χ3v) is 4.42. The van der Waals surface area contributed by atoms with E-state index in [2.05, 4.69) is 29.2 Å². The van der Waals surface area contributed by atoms with E-state index in [4.69, 9.17) is 4.42 Å². The molecule has 0 spiro atoms. The number of benzene rings is 2. The second kappa shape index (κ2) is 9.16. The Bertz CT molecular complexity index is 853. The van der Waals surface area contributed by atoms with Gasteiger partial charge in [0.2, 0.25) is 5.43 Å². The van der Waals surface area contributed by atoms with E-state index in [-0.39, 0.29) is 12.6 Å². The fraction of sp³-hybridized carbons (Fsp3) is 0.227. The lowest BCUT2D eigenvalue weighted by molar-refractivity contribution is 0.173. The Morgan fingerprint density at radius 1 is 0.963 bits per heavy atom. The highest BCUT2D eigenvalue weighted by Crippen LogP contribution is 2.30. The van der Waals surface area contributed by atoms with Crippen LogP contribution in [0.5, 0.6) is 5.75 Å². The molecule has 0 bridgehead atoms. The maximum atomic E-state index is 11.8. The molecule has 5 nitrogen and oxygen atoms in total. The van der Waals surface area contributed by atoms with Gasteiger partial charge < -0.3 is 14.6 Å². The molecule has 0 saturated carbocycles. The van der Waals surface area contributed by atoms with Crippen LogP contribution < -0.4 is 5.43 Å². The molecular formula is C22H23NO4. The van der Waals surface area contributed by atoms with Gasteiger partial charge in [0, 0.05) is 19.2 Å². The smallest absolute Gasteiger partial charge is 0.226 e. The number of aliphatic hydroxyl groups is 1. The van der Waals surface area contributed by atoms with E-state index in [1.165, 1.54) is 6.07 Å². The van der Waals surface area contributed by atoms with Gasteiger partial charge >= 0.3 is 0 Å². The van der Waals surface area contributed by atoms with Crippen molar-refractivity contribution in [2.45, 2.75) is 19.0 Å². The van der Waals surface area contributed by atoms with Gasteiger partial charge in [-0.25, -0.2) is 0 Å². The van der Waals surface area contributed by atoms with Crippen LogP contribution in [0.25, 0.3) is 0 Å². The highest BCUT2D eigenvalue weighted by Gasteiger charge is 2.23. The maximum absolute atomic E-state index is 11.8. The van der Waals surface area contributed by atoms with Crippen molar-refractivity contribution in [1.29, 1.82) is 0 Å². The van der Waals surface area contributed by atoms with Crippen molar-refractivity contribution in [3.63, 3.8) is 0 Å². The fourth-order valence-electron chi connectivity index (χ4n) is 3.18. The third kappa shape index (κ3) is 4.84. The monoisotopic (exact) mass is 365 g/mol. The molecule has 0 unspecified atom stereocenters. The van der Waals surface area contributed by atoms with E-state index in [1.54, 1.807) is 0 Å². The Balaban J connectivity index is 1.99. The van der Waals surface area contributed by atoms with Gasteiger partial charge in [0.05, 0.1) is 12.6 Å². The minimum absolute atomic E-state index is 0.0574. The second-order valence-electron chi connectivity index (χ2n) is 6.37. The zero-order valence-electron chi connectivity index (χ0n) is 15.0. The first-order valence-corrected chi connectivity index (χ1v) is 8.94. The van der Waals surface area contributed by atoms with Crippen LogP contribution in [0.1, 0.15) is 29.3 Å². The Hall–Kier alpha value is -2.89. The van der Waals surface area contributed by atoms with Crippen LogP contribution in [0.3, 0.4) is 0 Å². The summed E-state index contributed by atoms with van der Waals surface area (Å²) in [5.41, 5.74) is 1.76. The summed E-state index contributed by atoms with van der Waals surface area (Å²) in [7, 11) is 0. The van der Waals surface area contributed by atoms with Gasteiger partial charge in [-0.15, -0.1) is 0 Å². The van der Waals surface area contributed by atoms with Gasteiger partial charge in [0.15, 0.2) is 5.75 Å². The van der Waals surface area contributed by atoms with Gasteiger partial charge in [-0.3, -0.25) is 9.69 Å². The normalized spacial score (nSPS) is 11.2. The molecule has 3 aromatic rings. The van der Waals surface area contributed by atoms with E-state index in [0.717, 1.165) is 17.4 Å². The van der Waals surface area contributed by atoms with E-state index in [9.17, 15) is 15.0 Å². The Morgan fingerprint density at radius 2 is 1.56 bits per heavy atom. The molecule has 140 valence electrons. The number of hydrogen-bond acceptors (Lipinski definition) is 5. The largest absolute Gasteiger partial charge is 0.502 e. The van der Waals surface area contributed by atoms with Crippen molar-refractivity contribution in [2.75, 3.05) is 13.2 Å². The van der Waals surface area contributed by atoms with Crippen molar-refractivity contribution in [3.05, 3.63) is 100 Å². The number of aromatic hydroxyl groups is 1. The first-order valence-electron chi connectivity index (χ1n) is 8.94. The van der Waals surface area contributed by atoms with Crippen LogP contribution in [0.4, 0.5) is 0 Å². The summed E-state index contributed by atoms with van der Waals surface area (Å²) in [4.78, 5) is 13.9. The average molecular weight is 365 g/mol. The summed E-state index contributed by atoms with van der Waals surface area (Å²) in [5, 5.41) is 18.8. The Labute approximate surface area is 158 Å². The second-order valence-corrected chi connectivity index (χ2v) is 6.37. The lowest BCUT2D eigenvalue weighted by Crippen LogP contribution is -2.31. The van der Waals surface area contributed by atoms with E-state index >= 15 is 0 Å². The lowest BCUT2D eigenvalue weighted by atomic mass is 9.96. The molecule has 0 aliphatic carbocycles. The fourth-order valence-corrected chi connectivity index (χ4v) is 3.18. The molecule has 0 aliphatic rings. The molecule has 0 saturated heterocycles. The maximum Gasteiger partial charge on any atom is 0.226 e. The summed E-state index contributed by atoms with van der Waals surface area (Å²) in [5.74, 6) is 0.0657. The first-order chi connectivity index (χ1) is 13.2. The molecule has 0 aliphatic heterocycles. The number of hydrogen-bond donors (Lipinski definition) is 2. The summed E-state index contributed by atoms with van der Waals surface area (Å²) >= 11 is 0. The lowest BCUT2D eigenvalue weighted by Gasteiger charge is -2.32. The standard InChI is InChI=1S/C22H23NO4/c24-13-7-12-23(15-19-14-20(25)21(26)16-27-19)22(17-8-3-1-4-9-17)18-10-5-2-6-11-18/h1-6,8-11,14,16,22,24,26H,7,12-13,15H2. The number of aliphatic hydroxyl groups excluding tert-OH is 1. The average Bonchev–Trinajstić information content (AvgIpc) is 2.70. The molecule has 27 heavy (non-hydrogen) atoms. The highest BCUT2D eigenvalue weighted by molar-refractivity contribution is 5.32. The molecule has 1 aromatic heterocycles. The number of nitrogens with zero attached hydrogens (tertiary/aromatic N) is 1. The topological polar surface area (TPSA) is 73.9 Å². The predicted octanol–water partition coefficient (Wildman–Crippen LogP) is 3.32. The summed E-state index contributed by atoms with van der Waals surface area (Å²) in [6.07, 6.45) is 1.67. The van der Waals surface area contributed by atoms with Gasteiger partial charge in [-0.2, -0.15) is 0 Å². The zero-order valence-corrected chi connectivity index (χ0v) is 15.0. The number of rotatable bonds is 8. The molecule has 0 amide bonds. The summed E-state index contributed by atoms with van der Waals surface area (Å²) in [6, 6.07) is 21.5. The van der Waals surface area contributed by atoms with E-state index in [1.807, 2.05) is 36.4 Å². The van der Waals surface area contributed by atoms with Crippen molar-refractivity contribution in [3.8, 4) is 5.75 Å². The molecule has 1 heterocycles. The predicted molar refractivity (Wildman–Crippen MR) is 103 cm³/mol. The van der Waals surface area contributed by atoms with E-state index in [0.29, 0.717) is 25.3 Å². The molecular weight excluding hydrogens is 342 g/mol. The molecule has 2 N–H and O–H groups in total. The van der Waals surface area contributed by atoms with Crippen molar-refractivity contribution in [1.82, 2.24) is 4.90 Å². The molecule has 5 heteroatoms. The minimum atomic E-state index is -0.464. The van der Waals surface area contributed by atoms with Gasteiger partial charge in [-0.1, -0.05) is 60.7 Å². The Kier molecular flexibility index (Phi) is 6.41. The van der Waals surface area contributed by atoms with Crippen molar-refractivity contribution in [2.24, 2.45) is 0 Å². The van der Waals surface area contributed by atoms with Crippen LogP contribution >= 0.6 is 0 Å². The molecule has 0 fully saturated rings. The van der Waals surface area contributed by atoms with Crippen LogP contribution in [-0.2, 0) is 6.54 Å². The van der Waals surface area contributed by atoms with Crippen LogP contribution in [0, 0.1) is 0 Å². The van der Waals surface area contributed by atoms with Crippen molar-refractivity contribution >= 4 is 0 Å². The highest BCUT2D eigenvalue weighted by atomic mass is 16.4.